The molecule has 0 saturated heterocycles. The van der Waals surface area contributed by atoms with Crippen molar-refractivity contribution in [3.8, 4) is 0 Å². The summed E-state index contributed by atoms with van der Waals surface area (Å²) < 4.78 is 0. The molecular weight excluding hydrogens is 394 g/mol. The van der Waals surface area contributed by atoms with Crippen LogP contribution in [-0.2, 0) is 4.79 Å². The first-order chi connectivity index (χ1) is 15.2. The molecule has 0 radical (unpaired) electrons. The topological polar surface area (TPSA) is 35.6 Å². The van der Waals surface area contributed by atoms with E-state index in [-0.39, 0.29) is 11.8 Å². The van der Waals surface area contributed by atoms with Crippen molar-refractivity contribution >= 4 is 23.0 Å². The van der Waals surface area contributed by atoms with Crippen LogP contribution in [0.1, 0.15) is 35.1 Å². The van der Waals surface area contributed by atoms with Gasteiger partial charge in [0.05, 0.1) is 0 Å². The fraction of sp³-hybridized carbons (Fsp3) is 0.250. The molecule has 0 fully saturated rings. The van der Waals surface area contributed by atoms with Gasteiger partial charge in [0.1, 0.15) is 0 Å². The Labute approximate surface area is 192 Å². The van der Waals surface area contributed by atoms with Gasteiger partial charge in [0.15, 0.2) is 0 Å². The summed E-state index contributed by atoms with van der Waals surface area (Å²) >= 11 is 0. The van der Waals surface area contributed by atoms with Gasteiger partial charge >= 0.3 is 0 Å². The van der Waals surface area contributed by atoms with Gasteiger partial charge < -0.3 is 15.1 Å². The molecule has 1 N–H and O–H groups in total. The number of amides is 1. The second-order valence-electron chi connectivity index (χ2n) is 8.58. The van der Waals surface area contributed by atoms with Gasteiger partial charge in [-0.1, -0.05) is 54.1 Å². The molecule has 3 aromatic carbocycles. The van der Waals surface area contributed by atoms with Crippen LogP contribution in [0, 0.1) is 6.92 Å². The van der Waals surface area contributed by atoms with Gasteiger partial charge in [-0.25, -0.2) is 0 Å². The Morgan fingerprint density at radius 3 is 1.56 bits per heavy atom. The zero-order chi connectivity index (χ0) is 23.3. The number of aryl methyl sites for hydroxylation is 1. The summed E-state index contributed by atoms with van der Waals surface area (Å²) in [6.07, 6.45) is 2.15. The molecular formula is C28H33N3O. The van der Waals surface area contributed by atoms with Gasteiger partial charge in [0.25, 0.3) is 0 Å². The van der Waals surface area contributed by atoms with Crippen LogP contribution in [0.15, 0.2) is 78.9 Å². The van der Waals surface area contributed by atoms with Gasteiger partial charge in [-0.15, -0.1) is 0 Å². The highest BCUT2D eigenvalue weighted by molar-refractivity contribution is 5.85. The third-order valence-electron chi connectivity index (χ3n) is 5.54. The molecule has 4 nitrogen and oxygen atoms in total. The van der Waals surface area contributed by atoms with E-state index >= 15 is 0 Å². The van der Waals surface area contributed by atoms with Crippen LogP contribution in [0.4, 0.5) is 11.4 Å². The Hall–Kier alpha value is -3.53. The Bertz CT molecular complexity index is 1010. The maximum atomic E-state index is 12.0. The lowest BCUT2D eigenvalue weighted by atomic mass is 9.89. The molecule has 0 atom stereocenters. The summed E-state index contributed by atoms with van der Waals surface area (Å²) in [6.45, 7) is 3.61. The predicted molar refractivity (Wildman–Crippen MR) is 136 cm³/mol. The van der Waals surface area contributed by atoms with Crippen molar-refractivity contribution in [1.82, 2.24) is 5.32 Å². The van der Waals surface area contributed by atoms with Gasteiger partial charge in [-0.2, -0.15) is 0 Å². The number of nitrogens with zero attached hydrogens (tertiary/aromatic N) is 2. The largest absolute Gasteiger partial charge is 0.378 e. The van der Waals surface area contributed by atoms with E-state index in [9.17, 15) is 4.79 Å². The van der Waals surface area contributed by atoms with Crippen LogP contribution >= 0.6 is 0 Å². The minimum atomic E-state index is -0.0820. The van der Waals surface area contributed by atoms with Crippen molar-refractivity contribution < 1.29 is 4.79 Å². The highest BCUT2D eigenvalue weighted by Crippen LogP contribution is 2.31. The van der Waals surface area contributed by atoms with Crippen LogP contribution in [0.5, 0.6) is 0 Å². The van der Waals surface area contributed by atoms with E-state index in [4.69, 9.17) is 0 Å². The summed E-state index contributed by atoms with van der Waals surface area (Å²) in [6, 6.07) is 25.4. The van der Waals surface area contributed by atoms with E-state index in [1.165, 1.54) is 16.7 Å². The highest BCUT2D eigenvalue weighted by atomic mass is 16.1. The molecule has 0 unspecified atom stereocenters. The van der Waals surface area contributed by atoms with E-state index in [0.29, 0.717) is 0 Å². The van der Waals surface area contributed by atoms with Crippen LogP contribution in [0.25, 0.3) is 5.70 Å². The first-order valence-corrected chi connectivity index (χ1v) is 10.9. The van der Waals surface area contributed by atoms with Crippen LogP contribution in [0.3, 0.4) is 0 Å². The Kier molecular flexibility index (Phi) is 7.37. The lowest BCUT2D eigenvalue weighted by Crippen LogP contribution is -2.19. The number of allylic oxidation sites excluding steroid dienone is 1. The SMILES string of the molecule is CC(=O)N/C(=C\C(c1ccc(N(C)C)cc1)c1ccc(N(C)C)cc1)c1ccc(C)cc1. The minimum absolute atomic E-state index is 0.00872. The predicted octanol–water partition coefficient (Wildman–Crippen LogP) is 5.44. The molecule has 0 heterocycles. The zero-order valence-electron chi connectivity index (χ0n) is 19.9. The number of anilines is 2. The van der Waals surface area contributed by atoms with Crippen LogP contribution in [0.2, 0.25) is 0 Å². The minimum Gasteiger partial charge on any atom is -0.378 e. The molecule has 0 aliphatic rings. The molecule has 1 amide bonds. The Balaban J connectivity index is 2.12. The third kappa shape index (κ3) is 5.79. The summed E-state index contributed by atoms with van der Waals surface area (Å²) in [5.74, 6) is -0.0907. The molecule has 4 heteroatoms. The monoisotopic (exact) mass is 427 g/mol. The number of carbonyl (C=O) groups excluding carboxylic acids is 1. The first-order valence-electron chi connectivity index (χ1n) is 10.9. The molecule has 32 heavy (non-hydrogen) atoms. The Morgan fingerprint density at radius 2 is 1.19 bits per heavy atom. The normalized spacial score (nSPS) is 11.4. The van der Waals surface area contributed by atoms with Gasteiger partial charge in [0.2, 0.25) is 5.91 Å². The van der Waals surface area contributed by atoms with Gasteiger partial charge in [-0.3, -0.25) is 4.79 Å². The molecule has 0 saturated carbocycles. The molecule has 0 aromatic heterocycles. The number of rotatable bonds is 7. The highest BCUT2D eigenvalue weighted by Gasteiger charge is 2.16. The third-order valence-corrected chi connectivity index (χ3v) is 5.54. The average molecular weight is 428 g/mol. The summed E-state index contributed by atoms with van der Waals surface area (Å²) in [4.78, 5) is 16.2. The number of hydrogen-bond acceptors (Lipinski definition) is 3. The second-order valence-corrected chi connectivity index (χ2v) is 8.58. The summed E-state index contributed by atoms with van der Waals surface area (Å²) in [5.41, 5.74) is 7.64. The van der Waals surface area contributed by atoms with Crippen molar-refractivity contribution in [3.63, 3.8) is 0 Å². The second kappa shape index (κ2) is 10.2. The van der Waals surface area contributed by atoms with Crippen molar-refractivity contribution in [3.05, 3.63) is 101 Å². The number of hydrogen-bond donors (Lipinski definition) is 1. The maximum absolute atomic E-state index is 12.0. The summed E-state index contributed by atoms with van der Waals surface area (Å²) in [5, 5.41) is 3.05. The number of benzene rings is 3. The van der Waals surface area contributed by atoms with E-state index in [0.717, 1.165) is 22.6 Å². The van der Waals surface area contributed by atoms with Crippen LogP contribution in [-0.4, -0.2) is 34.1 Å². The summed E-state index contributed by atoms with van der Waals surface area (Å²) in [7, 11) is 8.16. The van der Waals surface area contributed by atoms with Gasteiger partial charge in [-0.05, 0) is 54.0 Å². The van der Waals surface area contributed by atoms with E-state index in [1.807, 2.05) is 28.2 Å². The zero-order valence-corrected chi connectivity index (χ0v) is 19.9. The molecule has 0 bridgehead atoms. The lowest BCUT2D eigenvalue weighted by molar-refractivity contribution is -0.117. The van der Waals surface area contributed by atoms with E-state index in [1.54, 1.807) is 6.92 Å². The Morgan fingerprint density at radius 1 is 0.750 bits per heavy atom. The van der Waals surface area contributed by atoms with Crippen LogP contribution < -0.4 is 15.1 Å². The molecule has 0 aliphatic carbocycles. The maximum Gasteiger partial charge on any atom is 0.221 e. The van der Waals surface area contributed by atoms with Gasteiger partial charge in [0, 0.05) is 58.1 Å². The van der Waals surface area contributed by atoms with E-state index < -0.39 is 0 Å². The number of nitrogens with one attached hydrogen (secondary N) is 1. The molecule has 166 valence electrons. The first kappa shape index (κ1) is 23.1. The lowest BCUT2D eigenvalue weighted by Gasteiger charge is -2.20. The fourth-order valence-electron chi connectivity index (χ4n) is 3.64. The smallest absolute Gasteiger partial charge is 0.221 e. The number of carbonyl (C=O) groups is 1. The quantitative estimate of drug-likeness (QED) is 0.546. The van der Waals surface area contributed by atoms with Crippen molar-refractivity contribution in [2.24, 2.45) is 0 Å². The van der Waals surface area contributed by atoms with Crippen molar-refractivity contribution in [1.29, 1.82) is 0 Å². The molecule has 0 spiro atoms. The molecule has 3 aromatic rings. The van der Waals surface area contributed by atoms with E-state index in [2.05, 4.69) is 101 Å². The standard InChI is InChI=1S/C28H33N3O/c1-20-7-9-24(10-8-20)28(29-21(2)32)19-27(22-11-15-25(16-12-22)30(3)4)23-13-17-26(18-14-23)31(5)6/h7-19,27H,1-6H3,(H,29,32)/b28-19-. The fourth-order valence-corrected chi connectivity index (χ4v) is 3.64. The van der Waals surface area contributed by atoms with Crippen molar-refractivity contribution in [2.45, 2.75) is 19.8 Å². The molecule has 3 rings (SSSR count). The van der Waals surface area contributed by atoms with Crippen molar-refractivity contribution in [2.75, 3.05) is 38.0 Å². The average Bonchev–Trinajstić information content (AvgIpc) is 2.77. The molecule has 0 aliphatic heterocycles.